The Morgan fingerprint density at radius 3 is 2.16 bits per heavy atom. The lowest BCUT2D eigenvalue weighted by Gasteiger charge is -2.23. The normalized spacial score (nSPS) is 11.7. The summed E-state index contributed by atoms with van der Waals surface area (Å²) in [5.41, 5.74) is 4.78. The van der Waals surface area contributed by atoms with Crippen LogP contribution in [-0.4, -0.2) is 5.91 Å². The fraction of sp³-hybridized carbons (Fsp3) is 0.115. The highest BCUT2D eigenvalue weighted by atomic mass is 35.5. The number of anilines is 2. The van der Waals surface area contributed by atoms with E-state index in [0.717, 1.165) is 27.4 Å². The molecule has 31 heavy (non-hydrogen) atoms. The van der Waals surface area contributed by atoms with Crippen LogP contribution in [0.4, 0.5) is 10.7 Å². The number of hydrogen-bond donors (Lipinski definition) is 2. The first-order valence-corrected chi connectivity index (χ1v) is 11.3. The van der Waals surface area contributed by atoms with E-state index < -0.39 is 0 Å². The van der Waals surface area contributed by atoms with Gasteiger partial charge in [0.25, 0.3) is 5.91 Å². The summed E-state index contributed by atoms with van der Waals surface area (Å²) >= 11 is 8.06. The molecule has 1 heterocycles. The molecule has 4 rings (SSSR count). The maximum Gasteiger partial charge on any atom is 0.256 e. The van der Waals surface area contributed by atoms with Crippen molar-refractivity contribution in [1.82, 2.24) is 0 Å². The molecule has 156 valence electrons. The molecule has 0 aliphatic heterocycles. The molecule has 1 aromatic heterocycles. The van der Waals surface area contributed by atoms with Crippen LogP contribution in [0.2, 0.25) is 5.02 Å². The van der Waals surface area contributed by atoms with Gasteiger partial charge in [-0.25, -0.2) is 0 Å². The van der Waals surface area contributed by atoms with Crippen LogP contribution >= 0.6 is 22.9 Å². The molecule has 0 saturated carbocycles. The first-order valence-electron chi connectivity index (χ1n) is 10.1. The number of thiophene rings is 1. The average Bonchev–Trinajstić information content (AvgIpc) is 3.07. The van der Waals surface area contributed by atoms with Crippen molar-refractivity contribution in [2.75, 3.05) is 10.6 Å². The molecule has 0 radical (unpaired) electrons. The average molecular weight is 447 g/mol. The standard InChI is InChI=1S/C26H23ClN2OS/c1-17-18(2)31-26(29-25(30)20-13-7-4-8-14-20)23(17)24(19-11-5-3-6-12-19)28-22-16-10-9-15-21(22)27/h3-16,24,28H,1-2H3,(H,29,30). The Labute approximate surface area is 191 Å². The van der Waals surface area contributed by atoms with E-state index in [1.807, 2.05) is 72.8 Å². The maximum absolute atomic E-state index is 12.9. The summed E-state index contributed by atoms with van der Waals surface area (Å²) in [5.74, 6) is -0.118. The summed E-state index contributed by atoms with van der Waals surface area (Å²) in [4.78, 5) is 14.1. The number of halogens is 1. The van der Waals surface area contributed by atoms with Crippen molar-refractivity contribution in [3.63, 3.8) is 0 Å². The third-order valence-electron chi connectivity index (χ3n) is 5.29. The number of aryl methyl sites for hydroxylation is 1. The quantitative estimate of drug-likeness (QED) is 0.322. The topological polar surface area (TPSA) is 41.1 Å². The predicted octanol–water partition coefficient (Wildman–Crippen LogP) is 7.47. The zero-order valence-corrected chi connectivity index (χ0v) is 18.9. The molecule has 5 heteroatoms. The molecule has 4 aromatic rings. The lowest BCUT2D eigenvalue weighted by molar-refractivity contribution is 0.102. The smallest absolute Gasteiger partial charge is 0.256 e. The third kappa shape index (κ3) is 4.66. The van der Waals surface area contributed by atoms with Gasteiger partial charge in [0, 0.05) is 16.0 Å². The molecule has 2 N–H and O–H groups in total. The van der Waals surface area contributed by atoms with Crippen molar-refractivity contribution in [2.45, 2.75) is 19.9 Å². The van der Waals surface area contributed by atoms with E-state index in [9.17, 15) is 4.79 Å². The van der Waals surface area contributed by atoms with Crippen molar-refractivity contribution in [2.24, 2.45) is 0 Å². The largest absolute Gasteiger partial charge is 0.373 e. The number of hydrogen-bond acceptors (Lipinski definition) is 3. The van der Waals surface area contributed by atoms with E-state index in [0.29, 0.717) is 10.6 Å². The number of benzene rings is 3. The number of rotatable bonds is 6. The van der Waals surface area contributed by atoms with Gasteiger partial charge < -0.3 is 10.6 Å². The number of carbonyl (C=O) groups excluding carboxylic acids is 1. The van der Waals surface area contributed by atoms with Gasteiger partial charge in [-0.3, -0.25) is 4.79 Å². The van der Waals surface area contributed by atoms with Gasteiger partial charge in [0.15, 0.2) is 0 Å². The maximum atomic E-state index is 12.9. The molecule has 1 amide bonds. The van der Waals surface area contributed by atoms with E-state index in [2.05, 4.69) is 36.6 Å². The first-order chi connectivity index (χ1) is 15.0. The summed E-state index contributed by atoms with van der Waals surface area (Å²) in [7, 11) is 0. The van der Waals surface area contributed by atoms with E-state index >= 15 is 0 Å². The molecular weight excluding hydrogens is 424 g/mol. The van der Waals surface area contributed by atoms with Crippen molar-refractivity contribution in [3.05, 3.63) is 117 Å². The molecule has 0 saturated heterocycles. The molecule has 1 atom stereocenters. The summed E-state index contributed by atoms with van der Waals surface area (Å²) < 4.78 is 0. The Balaban J connectivity index is 1.78. The second-order valence-electron chi connectivity index (χ2n) is 7.31. The van der Waals surface area contributed by atoms with Gasteiger partial charge in [-0.1, -0.05) is 72.3 Å². The molecule has 0 fully saturated rings. The Morgan fingerprint density at radius 1 is 0.871 bits per heavy atom. The van der Waals surface area contributed by atoms with E-state index in [1.54, 1.807) is 11.3 Å². The predicted molar refractivity (Wildman–Crippen MR) is 132 cm³/mol. The van der Waals surface area contributed by atoms with Gasteiger partial charge in [-0.2, -0.15) is 0 Å². The monoisotopic (exact) mass is 446 g/mol. The summed E-state index contributed by atoms with van der Waals surface area (Å²) in [6.07, 6.45) is 0. The van der Waals surface area contributed by atoms with E-state index in [4.69, 9.17) is 11.6 Å². The van der Waals surface area contributed by atoms with Crippen LogP contribution in [0.5, 0.6) is 0 Å². The van der Waals surface area contributed by atoms with Gasteiger partial charge in [0.2, 0.25) is 0 Å². The Hall–Kier alpha value is -3.08. The van der Waals surface area contributed by atoms with Crippen LogP contribution in [0.25, 0.3) is 0 Å². The number of para-hydroxylation sites is 1. The Bertz CT molecular complexity index is 1190. The van der Waals surface area contributed by atoms with E-state index in [1.165, 1.54) is 4.88 Å². The van der Waals surface area contributed by atoms with Crippen LogP contribution in [0.15, 0.2) is 84.9 Å². The molecule has 0 bridgehead atoms. The summed E-state index contributed by atoms with van der Waals surface area (Å²) in [6.45, 7) is 4.18. The minimum Gasteiger partial charge on any atom is -0.373 e. The summed E-state index contributed by atoms with van der Waals surface area (Å²) in [5, 5.41) is 8.26. The Kier molecular flexibility index (Phi) is 6.40. The first kappa shape index (κ1) is 21.2. The molecule has 3 nitrogen and oxygen atoms in total. The minimum atomic E-state index is -0.169. The highest BCUT2D eigenvalue weighted by Crippen LogP contribution is 2.41. The van der Waals surface area contributed by atoms with Crippen LogP contribution in [0.1, 0.15) is 38.0 Å². The van der Waals surface area contributed by atoms with Crippen molar-refractivity contribution < 1.29 is 4.79 Å². The second-order valence-corrected chi connectivity index (χ2v) is 8.95. The van der Waals surface area contributed by atoms with Gasteiger partial charge >= 0.3 is 0 Å². The minimum absolute atomic E-state index is 0.118. The van der Waals surface area contributed by atoms with Crippen LogP contribution in [-0.2, 0) is 0 Å². The van der Waals surface area contributed by atoms with Gasteiger partial charge in [-0.15, -0.1) is 11.3 Å². The van der Waals surface area contributed by atoms with Crippen LogP contribution in [0, 0.1) is 13.8 Å². The molecule has 0 aliphatic rings. The molecular formula is C26H23ClN2OS. The van der Waals surface area contributed by atoms with E-state index in [-0.39, 0.29) is 11.9 Å². The number of carbonyl (C=O) groups is 1. The molecule has 1 unspecified atom stereocenters. The molecule has 3 aromatic carbocycles. The second kappa shape index (κ2) is 9.38. The molecule has 0 spiro atoms. The SMILES string of the molecule is Cc1sc(NC(=O)c2ccccc2)c(C(Nc2ccccc2Cl)c2ccccc2)c1C. The van der Waals surface area contributed by atoms with Crippen molar-refractivity contribution >= 4 is 39.5 Å². The highest BCUT2D eigenvalue weighted by Gasteiger charge is 2.25. The third-order valence-corrected chi connectivity index (χ3v) is 6.76. The zero-order valence-electron chi connectivity index (χ0n) is 17.4. The summed E-state index contributed by atoms with van der Waals surface area (Å²) in [6, 6.07) is 27.0. The fourth-order valence-electron chi connectivity index (χ4n) is 3.55. The fourth-order valence-corrected chi connectivity index (χ4v) is 4.84. The lowest BCUT2D eigenvalue weighted by atomic mass is 9.96. The van der Waals surface area contributed by atoms with Gasteiger partial charge in [-0.05, 0) is 49.2 Å². The highest BCUT2D eigenvalue weighted by molar-refractivity contribution is 7.16. The van der Waals surface area contributed by atoms with Gasteiger partial charge in [0.05, 0.1) is 16.8 Å². The lowest BCUT2D eigenvalue weighted by Crippen LogP contribution is -2.17. The van der Waals surface area contributed by atoms with Gasteiger partial charge in [0.1, 0.15) is 5.00 Å². The zero-order chi connectivity index (χ0) is 21.8. The molecule has 0 aliphatic carbocycles. The Morgan fingerprint density at radius 2 is 1.48 bits per heavy atom. The number of nitrogens with one attached hydrogen (secondary N) is 2. The van der Waals surface area contributed by atoms with Crippen molar-refractivity contribution in [3.8, 4) is 0 Å². The number of amides is 1. The van der Waals surface area contributed by atoms with Crippen LogP contribution in [0.3, 0.4) is 0 Å². The van der Waals surface area contributed by atoms with Crippen LogP contribution < -0.4 is 10.6 Å². The van der Waals surface area contributed by atoms with Crippen molar-refractivity contribution in [1.29, 1.82) is 0 Å².